The molecule has 3 N–H and O–H groups in total. The van der Waals surface area contributed by atoms with Gasteiger partial charge in [0.1, 0.15) is 19.3 Å². The summed E-state index contributed by atoms with van der Waals surface area (Å²) >= 11 is 0. The van der Waals surface area contributed by atoms with Crippen LogP contribution in [-0.4, -0.2) is 96.7 Å². The third-order valence-corrected chi connectivity index (χ3v) is 22.5. The van der Waals surface area contributed by atoms with Gasteiger partial charge in [-0.1, -0.05) is 409 Å². The zero-order valence-electron chi connectivity index (χ0n) is 70.8. The van der Waals surface area contributed by atoms with Crippen LogP contribution in [0, 0.1) is 23.7 Å². The number of rotatable bonds is 85. The monoisotopic (exact) mass is 1560 g/mol. The van der Waals surface area contributed by atoms with Gasteiger partial charge in [-0.05, 0) is 49.4 Å². The summed E-state index contributed by atoms with van der Waals surface area (Å²) in [5.41, 5.74) is 0. The average Bonchev–Trinajstić information content (AvgIpc) is 0.912. The Morgan fingerprint density at radius 1 is 0.234 bits per heavy atom. The van der Waals surface area contributed by atoms with Crippen LogP contribution >= 0.6 is 15.6 Å². The van der Waals surface area contributed by atoms with Gasteiger partial charge in [-0.2, -0.15) is 0 Å². The van der Waals surface area contributed by atoms with E-state index in [-0.39, 0.29) is 25.7 Å². The molecule has 0 spiro atoms. The number of hydrogen-bond donors (Lipinski definition) is 3. The predicted molar refractivity (Wildman–Crippen MR) is 441 cm³/mol. The molecule has 0 bridgehead atoms. The molecule has 19 heteroatoms. The molecule has 0 heterocycles. The van der Waals surface area contributed by atoms with Gasteiger partial charge in [0.2, 0.25) is 0 Å². The lowest BCUT2D eigenvalue weighted by atomic mass is 10.0. The number of carbonyl (C=O) groups excluding carboxylic acids is 4. The number of ether oxygens (including phenoxy) is 4. The molecule has 3 unspecified atom stereocenters. The van der Waals surface area contributed by atoms with E-state index in [0.717, 1.165) is 114 Å². The zero-order chi connectivity index (χ0) is 78.8. The summed E-state index contributed by atoms with van der Waals surface area (Å²) < 4.78 is 68.9. The summed E-state index contributed by atoms with van der Waals surface area (Å²) in [5, 5.41) is 10.7. The number of phosphoric acid groups is 2. The second-order valence-electron chi connectivity index (χ2n) is 33.5. The van der Waals surface area contributed by atoms with E-state index in [1.807, 2.05) is 0 Å². The van der Waals surface area contributed by atoms with Crippen LogP contribution < -0.4 is 0 Å². The summed E-state index contributed by atoms with van der Waals surface area (Å²) in [7, 11) is -9.93. The fourth-order valence-corrected chi connectivity index (χ4v) is 15.3. The molecule has 636 valence electrons. The molecule has 0 aromatic carbocycles. The maximum atomic E-state index is 13.1. The van der Waals surface area contributed by atoms with Crippen molar-refractivity contribution in [3.63, 3.8) is 0 Å². The highest BCUT2D eigenvalue weighted by Gasteiger charge is 2.31. The van der Waals surface area contributed by atoms with Gasteiger partial charge in [0.25, 0.3) is 0 Å². The molecule has 0 radical (unpaired) electrons. The van der Waals surface area contributed by atoms with Gasteiger partial charge in [0.05, 0.1) is 26.4 Å². The summed E-state index contributed by atoms with van der Waals surface area (Å²) in [5.74, 6) is 1.02. The van der Waals surface area contributed by atoms with Crippen LogP contribution in [-0.2, 0) is 65.4 Å². The maximum absolute atomic E-state index is 13.1. The lowest BCUT2D eigenvalue weighted by Gasteiger charge is -2.21. The van der Waals surface area contributed by atoms with Crippen molar-refractivity contribution in [3.8, 4) is 0 Å². The first kappa shape index (κ1) is 105. The number of esters is 4. The van der Waals surface area contributed by atoms with Crippen LogP contribution in [0.2, 0.25) is 0 Å². The third-order valence-electron chi connectivity index (χ3n) is 20.6. The number of hydrogen-bond acceptors (Lipinski definition) is 15. The molecule has 0 aromatic heterocycles. The minimum Gasteiger partial charge on any atom is -0.462 e. The van der Waals surface area contributed by atoms with E-state index in [4.69, 9.17) is 37.0 Å². The van der Waals surface area contributed by atoms with Crippen LogP contribution in [0.25, 0.3) is 0 Å². The standard InChI is InChI=1S/C88H172O17P2/c1-78(2)64-56-48-40-33-27-21-17-13-9-11-15-19-23-31-37-45-54-62-70-87(92)104-83(74-98-85(90)68-60-52-44-36-30-26-25-29-35-42-50-58-66-80(5)6)76-102-106(94,95)100-72-82(89)73-101-107(96,97)103-77-84(75-99-86(91)69-61-53-47-39-43-51-59-67-81(7)8)105-88(93)71-63-55-46-38-32-24-20-16-12-10-14-18-22-28-34-41-49-57-65-79(3)4/h78-84,89H,9-77H2,1-8H3,(H,94,95)(H,96,97)/t82?,83-,84-/m1/s1. The van der Waals surface area contributed by atoms with Crippen LogP contribution in [0.15, 0.2) is 0 Å². The Morgan fingerprint density at radius 3 is 0.579 bits per heavy atom. The van der Waals surface area contributed by atoms with E-state index in [1.165, 1.54) is 257 Å². The molecule has 0 fully saturated rings. The van der Waals surface area contributed by atoms with E-state index < -0.39 is 97.5 Å². The van der Waals surface area contributed by atoms with Crippen LogP contribution in [0.4, 0.5) is 0 Å². The van der Waals surface area contributed by atoms with Crippen molar-refractivity contribution in [1.29, 1.82) is 0 Å². The highest BCUT2D eigenvalue weighted by Crippen LogP contribution is 2.45. The molecule has 0 aromatic rings. The van der Waals surface area contributed by atoms with Crippen molar-refractivity contribution in [2.24, 2.45) is 23.7 Å². The molecule has 0 amide bonds. The Labute approximate surface area is 658 Å². The summed E-state index contributed by atoms with van der Waals surface area (Å²) in [6, 6.07) is 0. The van der Waals surface area contributed by atoms with Crippen molar-refractivity contribution in [2.45, 2.75) is 478 Å². The van der Waals surface area contributed by atoms with E-state index >= 15 is 0 Å². The van der Waals surface area contributed by atoms with Crippen LogP contribution in [0.3, 0.4) is 0 Å². The minimum absolute atomic E-state index is 0.107. The fraction of sp³-hybridized carbons (Fsp3) is 0.955. The molecular formula is C88H172O17P2. The van der Waals surface area contributed by atoms with Gasteiger partial charge in [0, 0.05) is 25.7 Å². The SMILES string of the molecule is CC(C)CCCCCCCCCCCCCCCCCCCCC(=O)O[C@H](COC(=O)CCCCCCCCCCCCCCC(C)C)COP(=O)(O)OCC(O)COP(=O)(O)OC[C@@H](COC(=O)CCCCCCCCCC(C)C)OC(=O)CCCCCCCCCCCCCCCCCCCCC(C)C. The Kier molecular flexibility index (Phi) is 75.3. The molecule has 17 nitrogen and oxygen atoms in total. The number of aliphatic hydroxyl groups is 1. The van der Waals surface area contributed by atoms with Gasteiger partial charge < -0.3 is 33.8 Å². The number of unbranched alkanes of at least 4 members (excludes halogenated alkanes) is 51. The summed E-state index contributed by atoms with van der Waals surface area (Å²) in [4.78, 5) is 73.3. The molecule has 0 aliphatic rings. The largest absolute Gasteiger partial charge is 0.472 e. The lowest BCUT2D eigenvalue weighted by molar-refractivity contribution is -0.161. The molecule has 0 aliphatic carbocycles. The third kappa shape index (κ3) is 81.9. The van der Waals surface area contributed by atoms with Gasteiger partial charge in [-0.3, -0.25) is 37.3 Å². The average molecular weight is 1560 g/mol. The van der Waals surface area contributed by atoms with Crippen molar-refractivity contribution >= 4 is 39.5 Å². The smallest absolute Gasteiger partial charge is 0.462 e. The van der Waals surface area contributed by atoms with Crippen LogP contribution in [0.5, 0.6) is 0 Å². The molecule has 107 heavy (non-hydrogen) atoms. The Balaban J connectivity index is 5.20. The van der Waals surface area contributed by atoms with Gasteiger partial charge in [0.15, 0.2) is 12.2 Å². The van der Waals surface area contributed by atoms with Crippen molar-refractivity contribution < 1.29 is 80.2 Å². The second-order valence-corrected chi connectivity index (χ2v) is 36.4. The minimum atomic E-state index is -4.97. The van der Waals surface area contributed by atoms with E-state index in [9.17, 15) is 43.2 Å². The van der Waals surface area contributed by atoms with E-state index in [2.05, 4.69) is 55.4 Å². The topological polar surface area (TPSA) is 237 Å². The molecular weight excluding hydrogens is 1390 g/mol. The van der Waals surface area contributed by atoms with Gasteiger partial charge >= 0.3 is 39.5 Å². The number of phosphoric ester groups is 2. The van der Waals surface area contributed by atoms with Gasteiger partial charge in [-0.25, -0.2) is 9.13 Å². The quantitative estimate of drug-likeness (QED) is 0.0222. The fourth-order valence-electron chi connectivity index (χ4n) is 13.7. The van der Waals surface area contributed by atoms with E-state index in [1.54, 1.807) is 0 Å². The summed E-state index contributed by atoms with van der Waals surface area (Å²) in [6.45, 7) is 14.3. The Morgan fingerprint density at radius 2 is 0.393 bits per heavy atom. The number of carbonyl (C=O) groups is 4. The van der Waals surface area contributed by atoms with Crippen LogP contribution in [0.1, 0.15) is 460 Å². The Hall–Kier alpha value is -1.94. The normalized spacial score (nSPS) is 13.9. The van der Waals surface area contributed by atoms with Gasteiger partial charge in [-0.15, -0.1) is 0 Å². The molecule has 0 rings (SSSR count). The second kappa shape index (κ2) is 76.7. The number of aliphatic hydroxyl groups excluding tert-OH is 1. The molecule has 0 saturated carbocycles. The lowest BCUT2D eigenvalue weighted by Crippen LogP contribution is -2.30. The first-order valence-electron chi connectivity index (χ1n) is 45.2. The maximum Gasteiger partial charge on any atom is 0.472 e. The first-order valence-corrected chi connectivity index (χ1v) is 48.2. The predicted octanol–water partition coefficient (Wildman–Crippen LogP) is 26.7. The molecule has 0 aliphatic heterocycles. The van der Waals surface area contributed by atoms with Crippen molar-refractivity contribution in [1.82, 2.24) is 0 Å². The first-order chi connectivity index (χ1) is 51.6. The zero-order valence-corrected chi connectivity index (χ0v) is 72.6. The van der Waals surface area contributed by atoms with Crippen molar-refractivity contribution in [3.05, 3.63) is 0 Å². The highest BCUT2D eigenvalue weighted by molar-refractivity contribution is 7.47. The Bertz CT molecular complexity index is 2080. The molecule has 0 saturated heterocycles. The highest BCUT2D eigenvalue weighted by atomic mass is 31.2. The van der Waals surface area contributed by atoms with Crippen molar-refractivity contribution in [2.75, 3.05) is 39.6 Å². The molecule has 5 atom stereocenters. The summed E-state index contributed by atoms with van der Waals surface area (Å²) in [6.07, 6.45) is 66.8. The van der Waals surface area contributed by atoms with E-state index in [0.29, 0.717) is 31.6 Å².